The topological polar surface area (TPSA) is 76.4 Å². The zero-order valence-corrected chi connectivity index (χ0v) is 12.9. The molecule has 0 radical (unpaired) electrons. The van der Waals surface area contributed by atoms with Gasteiger partial charge in [-0.15, -0.1) is 0 Å². The lowest BCUT2D eigenvalue weighted by molar-refractivity contribution is -0.116. The van der Waals surface area contributed by atoms with Crippen LogP contribution in [0.1, 0.15) is 32.6 Å². The molecule has 2 rings (SSSR count). The predicted molar refractivity (Wildman–Crippen MR) is 85.4 cm³/mol. The molecule has 1 aromatic rings. The van der Waals surface area contributed by atoms with Crippen LogP contribution in [0.15, 0.2) is 18.2 Å². The second-order valence-electron chi connectivity index (χ2n) is 5.77. The lowest BCUT2D eigenvalue weighted by Gasteiger charge is -2.13. The van der Waals surface area contributed by atoms with Gasteiger partial charge in [0, 0.05) is 31.3 Å². The van der Waals surface area contributed by atoms with Crippen molar-refractivity contribution in [1.29, 1.82) is 0 Å². The Bertz CT molecular complexity index is 502. The number of carbonyl (C=O) groups excluding carboxylic acids is 1. The summed E-state index contributed by atoms with van der Waals surface area (Å²) in [6.07, 6.45) is 3.15. The number of nitrogens with two attached hydrogens (primary N) is 1. The van der Waals surface area contributed by atoms with Crippen LogP contribution < -0.4 is 16.4 Å². The molecule has 1 aliphatic rings. The van der Waals surface area contributed by atoms with E-state index in [1.165, 1.54) is 6.07 Å². The molecule has 0 aliphatic carbocycles. The Balaban J connectivity index is 1.84. The van der Waals surface area contributed by atoms with E-state index in [9.17, 15) is 9.18 Å². The van der Waals surface area contributed by atoms with E-state index in [1.54, 1.807) is 12.1 Å². The molecular formula is C16H24FN3O2. The Morgan fingerprint density at radius 1 is 1.55 bits per heavy atom. The monoisotopic (exact) mass is 309 g/mol. The molecule has 122 valence electrons. The van der Waals surface area contributed by atoms with Gasteiger partial charge in [0.2, 0.25) is 5.91 Å². The number of halogens is 1. The van der Waals surface area contributed by atoms with Crippen molar-refractivity contribution < 1.29 is 13.9 Å². The number of hydrogen-bond donors (Lipinski definition) is 3. The number of nitrogens with one attached hydrogen (secondary N) is 2. The van der Waals surface area contributed by atoms with E-state index in [-0.39, 0.29) is 23.9 Å². The highest BCUT2D eigenvalue weighted by atomic mass is 19.1. The molecule has 1 aromatic carbocycles. The molecule has 1 amide bonds. The zero-order valence-electron chi connectivity index (χ0n) is 12.9. The second kappa shape index (κ2) is 8.10. The number of amides is 1. The number of hydrogen-bond acceptors (Lipinski definition) is 4. The number of ether oxygens (including phenoxy) is 1. The van der Waals surface area contributed by atoms with E-state index >= 15 is 0 Å². The fourth-order valence-electron chi connectivity index (χ4n) is 2.35. The van der Waals surface area contributed by atoms with Crippen molar-refractivity contribution in [2.24, 2.45) is 5.73 Å². The van der Waals surface area contributed by atoms with E-state index in [4.69, 9.17) is 10.5 Å². The van der Waals surface area contributed by atoms with Gasteiger partial charge < -0.3 is 21.1 Å². The zero-order chi connectivity index (χ0) is 15.9. The van der Waals surface area contributed by atoms with Crippen molar-refractivity contribution >= 4 is 17.3 Å². The van der Waals surface area contributed by atoms with Gasteiger partial charge in [-0.3, -0.25) is 4.79 Å². The predicted octanol–water partition coefficient (Wildman–Crippen LogP) is 2.48. The Kier molecular flexibility index (Phi) is 6.15. The molecule has 0 aromatic heterocycles. The van der Waals surface area contributed by atoms with Crippen molar-refractivity contribution in [2.75, 3.05) is 23.8 Å². The van der Waals surface area contributed by atoms with Gasteiger partial charge in [-0.25, -0.2) is 4.39 Å². The normalized spacial score (nSPS) is 19.0. The second-order valence-corrected chi connectivity index (χ2v) is 5.77. The Hall–Kier alpha value is -1.66. The fraction of sp³-hybridized carbons (Fsp3) is 0.562. The van der Waals surface area contributed by atoms with Crippen molar-refractivity contribution in [3.05, 3.63) is 24.0 Å². The minimum Gasteiger partial charge on any atom is -0.380 e. The summed E-state index contributed by atoms with van der Waals surface area (Å²) < 4.78 is 19.5. The minimum atomic E-state index is -0.386. The lowest BCUT2D eigenvalue weighted by Crippen LogP contribution is -2.20. The molecule has 2 atom stereocenters. The van der Waals surface area contributed by atoms with Gasteiger partial charge in [-0.05, 0) is 44.4 Å². The molecule has 5 nitrogen and oxygen atoms in total. The van der Waals surface area contributed by atoms with Crippen molar-refractivity contribution in [3.63, 3.8) is 0 Å². The number of carbonyl (C=O) groups is 1. The molecule has 2 unspecified atom stereocenters. The van der Waals surface area contributed by atoms with E-state index in [0.29, 0.717) is 30.8 Å². The van der Waals surface area contributed by atoms with Crippen LogP contribution in [0, 0.1) is 5.82 Å². The standard InChI is InChI=1S/C16H24FN3O2/c1-11(18)4-7-16(21)20-12-5-6-15(14(17)9-12)19-10-13-3-2-8-22-13/h5-6,9,11,13,19H,2-4,7-8,10,18H2,1H3,(H,20,21). The first-order valence-electron chi connectivity index (χ1n) is 7.75. The summed E-state index contributed by atoms with van der Waals surface area (Å²) in [5, 5.41) is 5.72. The van der Waals surface area contributed by atoms with Gasteiger partial charge in [0.1, 0.15) is 5.82 Å². The van der Waals surface area contributed by atoms with Crippen LogP contribution in [0.2, 0.25) is 0 Å². The van der Waals surface area contributed by atoms with Gasteiger partial charge in [0.05, 0.1) is 11.8 Å². The van der Waals surface area contributed by atoms with Gasteiger partial charge in [-0.1, -0.05) is 0 Å². The molecule has 1 aliphatic heterocycles. The maximum atomic E-state index is 14.0. The number of benzene rings is 1. The van der Waals surface area contributed by atoms with Crippen LogP contribution in [0.4, 0.5) is 15.8 Å². The van der Waals surface area contributed by atoms with Crippen molar-refractivity contribution in [2.45, 2.75) is 44.8 Å². The highest BCUT2D eigenvalue weighted by molar-refractivity contribution is 5.90. The maximum Gasteiger partial charge on any atom is 0.224 e. The van der Waals surface area contributed by atoms with E-state index in [0.717, 1.165) is 19.4 Å². The third kappa shape index (κ3) is 5.27. The molecule has 4 N–H and O–H groups in total. The first-order valence-corrected chi connectivity index (χ1v) is 7.75. The SMILES string of the molecule is CC(N)CCC(=O)Nc1ccc(NCC2CCCO2)c(F)c1. The third-order valence-electron chi connectivity index (χ3n) is 3.62. The average Bonchev–Trinajstić information content (AvgIpc) is 2.97. The molecule has 0 bridgehead atoms. The van der Waals surface area contributed by atoms with Gasteiger partial charge >= 0.3 is 0 Å². The van der Waals surface area contributed by atoms with Crippen LogP contribution in [0.5, 0.6) is 0 Å². The van der Waals surface area contributed by atoms with Crippen LogP contribution in [-0.2, 0) is 9.53 Å². The summed E-state index contributed by atoms with van der Waals surface area (Å²) in [6, 6.07) is 4.62. The summed E-state index contributed by atoms with van der Waals surface area (Å²) >= 11 is 0. The average molecular weight is 309 g/mol. The molecule has 22 heavy (non-hydrogen) atoms. The number of anilines is 2. The van der Waals surface area contributed by atoms with Crippen LogP contribution >= 0.6 is 0 Å². The molecule has 1 heterocycles. The number of rotatable bonds is 7. The Morgan fingerprint density at radius 3 is 3.00 bits per heavy atom. The van der Waals surface area contributed by atoms with E-state index in [1.807, 2.05) is 6.92 Å². The summed E-state index contributed by atoms with van der Waals surface area (Å²) in [5.74, 6) is -0.542. The highest BCUT2D eigenvalue weighted by Crippen LogP contribution is 2.20. The Morgan fingerprint density at radius 2 is 2.36 bits per heavy atom. The van der Waals surface area contributed by atoms with Gasteiger partial charge in [-0.2, -0.15) is 0 Å². The highest BCUT2D eigenvalue weighted by Gasteiger charge is 2.15. The summed E-state index contributed by atoms with van der Waals surface area (Å²) in [7, 11) is 0. The van der Waals surface area contributed by atoms with Crippen LogP contribution in [0.25, 0.3) is 0 Å². The molecule has 0 saturated carbocycles. The minimum absolute atomic E-state index is 0.0214. The van der Waals surface area contributed by atoms with Crippen molar-refractivity contribution in [3.8, 4) is 0 Å². The van der Waals surface area contributed by atoms with E-state index in [2.05, 4.69) is 10.6 Å². The maximum absolute atomic E-state index is 14.0. The van der Waals surface area contributed by atoms with Gasteiger partial charge in [0.25, 0.3) is 0 Å². The van der Waals surface area contributed by atoms with Crippen molar-refractivity contribution in [1.82, 2.24) is 0 Å². The smallest absolute Gasteiger partial charge is 0.224 e. The molecule has 0 spiro atoms. The van der Waals surface area contributed by atoms with Gasteiger partial charge in [0.15, 0.2) is 0 Å². The quantitative estimate of drug-likeness (QED) is 0.723. The summed E-state index contributed by atoms with van der Waals surface area (Å²) in [6.45, 7) is 3.22. The molecular weight excluding hydrogens is 285 g/mol. The molecule has 1 fully saturated rings. The molecule has 1 saturated heterocycles. The van der Waals surface area contributed by atoms with Crippen LogP contribution in [0.3, 0.4) is 0 Å². The lowest BCUT2D eigenvalue weighted by atomic mass is 10.2. The third-order valence-corrected chi connectivity index (χ3v) is 3.62. The first kappa shape index (κ1) is 16.7. The first-order chi connectivity index (χ1) is 10.5. The van der Waals surface area contributed by atoms with E-state index < -0.39 is 0 Å². The molecule has 6 heteroatoms. The largest absolute Gasteiger partial charge is 0.380 e. The fourth-order valence-corrected chi connectivity index (χ4v) is 2.35. The summed E-state index contributed by atoms with van der Waals surface area (Å²) in [4.78, 5) is 11.7. The summed E-state index contributed by atoms with van der Waals surface area (Å²) in [5.41, 5.74) is 6.48. The van der Waals surface area contributed by atoms with Crippen LogP contribution in [-0.4, -0.2) is 31.2 Å². The Labute approximate surface area is 130 Å².